The van der Waals surface area contributed by atoms with Crippen LogP contribution in [0.5, 0.6) is 0 Å². The zero-order valence-corrected chi connectivity index (χ0v) is 9.22. The molecule has 1 aromatic carbocycles. The van der Waals surface area contributed by atoms with Gasteiger partial charge in [0.05, 0.1) is 12.6 Å². The van der Waals surface area contributed by atoms with Crippen LogP contribution < -0.4 is 0 Å². The highest BCUT2D eigenvalue weighted by Crippen LogP contribution is 2.16. The second kappa shape index (κ2) is 6.32. The number of likely N-dealkylation sites (N-methyl/N-ethyl adjacent to an activating group) is 1. The molecule has 0 amide bonds. The molecule has 0 spiro atoms. The van der Waals surface area contributed by atoms with Gasteiger partial charge in [-0.2, -0.15) is 0 Å². The van der Waals surface area contributed by atoms with Gasteiger partial charge in [0.2, 0.25) is 0 Å². The number of hydrogen-bond donors (Lipinski definition) is 0. The maximum absolute atomic E-state index is 10.3. The zero-order valence-electron chi connectivity index (χ0n) is 9.22. The number of hydrogen-bond acceptors (Lipinski definition) is 3. The number of rotatable bonds is 6. The molecule has 1 rings (SSSR count). The molecule has 0 radical (unpaired) electrons. The van der Waals surface area contributed by atoms with Crippen LogP contribution in [0.4, 0.5) is 0 Å². The lowest BCUT2D eigenvalue weighted by atomic mass is 10.1. The summed E-state index contributed by atoms with van der Waals surface area (Å²) in [6.07, 6.45) is 0.925. The Morgan fingerprint density at radius 3 is 2.60 bits per heavy atom. The van der Waals surface area contributed by atoms with E-state index in [4.69, 9.17) is 4.74 Å². The van der Waals surface area contributed by atoms with Gasteiger partial charge in [-0.25, -0.2) is 0 Å². The van der Waals surface area contributed by atoms with E-state index >= 15 is 0 Å². The van der Waals surface area contributed by atoms with Gasteiger partial charge < -0.3 is 9.53 Å². The van der Waals surface area contributed by atoms with Crippen LogP contribution in [0.15, 0.2) is 30.3 Å². The van der Waals surface area contributed by atoms with E-state index in [1.165, 1.54) is 0 Å². The van der Waals surface area contributed by atoms with Crippen LogP contribution in [0.1, 0.15) is 11.7 Å². The van der Waals surface area contributed by atoms with Gasteiger partial charge in [0.25, 0.3) is 0 Å². The molecule has 0 aliphatic heterocycles. The fourth-order valence-electron chi connectivity index (χ4n) is 1.47. The Labute approximate surface area is 90.7 Å². The first-order chi connectivity index (χ1) is 7.27. The third-order valence-electron chi connectivity index (χ3n) is 2.32. The minimum Gasteiger partial charge on any atom is -0.375 e. The fourth-order valence-corrected chi connectivity index (χ4v) is 1.47. The summed E-state index contributed by atoms with van der Waals surface area (Å²) in [6, 6.07) is 10.0. The van der Waals surface area contributed by atoms with Crippen molar-refractivity contribution in [1.29, 1.82) is 0 Å². The lowest BCUT2D eigenvalue weighted by Gasteiger charge is -2.21. The smallest absolute Gasteiger partial charge is 0.133 e. The van der Waals surface area contributed by atoms with Crippen molar-refractivity contribution < 1.29 is 9.53 Å². The van der Waals surface area contributed by atoms with Gasteiger partial charge >= 0.3 is 0 Å². The molecule has 1 aromatic rings. The van der Waals surface area contributed by atoms with Crippen molar-refractivity contribution >= 4 is 6.29 Å². The van der Waals surface area contributed by atoms with Crippen molar-refractivity contribution in [3.8, 4) is 0 Å². The van der Waals surface area contributed by atoms with Crippen molar-refractivity contribution in [1.82, 2.24) is 4.90 Å². The number of carbonyl (C=O) groups excluding carboxylic acids is 1. The van der Waals surface area contributed by atoms with Gasteiger partial charge in [-0.1, -0.05) is 30.3 Å². The van der Waals surface area contributed by atoms with Gasteiger partial charge in [-0.05, 0) is 12.6 Å². The monoisotopic (exact) mass is 207 g/mol. The molecule has 1 atom stereocenters. The summed E-state index contributed by atoms with van der Waals surface area (Å²) >= 11 is 0. The van der Waals surface area contributed by atoms with Gasteiger partial charge in [0.15, 0.2) is 0 Å². The van der Waals surface area contributed by atoms with E-state index in [9.17, 15) is 4.79 Å². The quantitative estimate of drug-likeness (QED) is 0.662. The Kier molecular flexibility index (Phi) is 5.01. The highest BCUT2D eigenvalue weighted by molar-refractivity contribution is 5.51. The van der Waals surface area contributed by atoms with E-state index in [1.54, 1.807) is 7.11 Å². The molecular formula is C12H17NO2. The second-order valence-electron chi connectivity index (χ2n) is 3.52. The largest absolute Gasteiger partial charge is 0.375 e. The van der Waals surface area contributed by atoms with Crippen LogP contribution in [0.25, 0.3) is 0 Å². The van der Waals surface area contributed by atoms with Crippen molar-refractivity contribution in [2.24, 2.45) is 0 Å². The molecular weight excluding hydrogens is 190 g/mol. The lowest BCUT2D eigenvalue weighted by molar-refractivity contribution is -0.108. The lowest BCUT2D eigenvalue weighted by Crippen LogP contribution is -2.27. The summed E-state index contributed by atoms with van der Waals surface area (Å²) < 4.78 is 5.40. The summed E-state index contributed by atoms with van der Waals surface area (Å²) in [5.41, 5.74) is 1.14. The number of carbonyl (C=O) groups is 1. The Bertz CT molecular complexity index is 287. The predicted molar refractivity (Wildman–Crippen MR) is 59.8 cm³/mol. The number of ether oxygens (including phenoxy) is 1. The van der Waals surface area contributed by atoms with Crippen LogP contribution in [0.3, 0.4) is 0 Å². The number of nitrogens with zero attached hydrogens (tertiary/aromatic N) is 1. The van der Waals surface area contributed by atoms with Crippen molar-refractivity contribution in [2.75, 3.05) is 27.2 Å². The highest BCUT2D eigenvalue weighted by Gasteiger charge is 2.12. The van der Waals surface area contributed by atoms with Crippen LogP contribution in [-0.2, 0) is 9.53 Å². The van der Waals surface area contributed by atoms with E-state index in [0.717, 1.165) is 18.4 Å². The number of benzene rings is 1. The first-order valence-corrected chi connectivity index (χ1v) is 4.98. The minimum absolute atomic E-state index is 0.0242. The van der Waals surface area contributed by atoms with Gasteiger partial charge in [0, 0.05) is 13.7 Å². The Morgan fingerprint density at radius 1 is 1.40 bits per heavy atom. The van der Waals surface area contributed by atoms with E-state index in [0.29, 0.717) is 6.54 Å². The van der Waals surface area contributed by atoms with Gasteiger partial charge in [0.1, 0.15) is 6.29 Å². The minimum atomic E-state index is 0.0242. The highest BCUT2D eigenvalue weighted by atomic mass is 16.5. The maximum atomic E-state index is 10.3. The summed E-state index contributed by atoms with van der Waals surface area (Å²) in [6.45, 7) is 1.16. The van der Waals surface area contributed by atoms with E-state index < -0.39 is 0 Å². The zero-order chi connectivity index (χ0) is 11.1. The normalized spacial score (nSPS) is 12.7. The maximum Gasteiger partial charge on any atom is 0.133 e. The fraction of sp³-hybridized carbons (Fsp3) is 0.417. The van der Waals surface area contributed by atoms with Gasteiger partial charge in [-0.3, -0.25) is 4.90 Å². The van der Waals surface area contributed by atoms with E-state index in [1.807, 2.05) is 42.3 Å². The first-order valence-electron chi connectivity index (χ1n) is 4.98. The summed E-state index contributed by atoms with van der Waals surface area (Å²) in [4.78, 5) is 12.3. The number of aldehydes is 1. The third kappa shape index (κ3) is 3.81. The summed E-state index contributed by atoms with van der Waals surface area (Å²) in [5.74, 6) is 0. The van der Waals surface area contributed by atoms with Crippen LogP contribution >= 0.6 is 0 Å². The molecule has 0 saturated carbocycles. The molecule has 0 heterocycles. The molecule has 0 saturated heterocycles. The molecule has 0 aliphatic rings. The number of methoxy groups -OCH3 is 1. The molecule has 3 nitrogen and oxygen atoms in total. The van der Waals surface area contributed by atoms with Crippen molar-refractivity contribution in [2.45, 2.75) is 6.10 Å². The molecule has 82 valence electrons. The van der Waals surface area contributed by atoms with Gasteiger partial charge in [-0.15, -0.1) is 0 Å². The van der Waals surface area contributed by atoms with Crippen molar-refractivity contribution in [3.05, 3.63) is 35.9 Å². The molecule has 0 aromatic heterocycles. The first kappa shape index (κ1) is 11.9. The summed E-state index contributed by atoms with van der Waals surface area (Å²) in [7, 11) is 3.59. The molecule has 15 heavy (non-hydrogen) atoms. The molecule has 0 aliphatic carbocycles. The summed E-state index contributed by atoms with van der Waals surface area (Å²) in [5, 5.41) is 0. The molecule has 0 N–H and O–H groups in total. The SMILES string of the molecule is COC(CN(C)CC=O)c1ccccc1. The Morgan fingerprint density at radius 2 is 2.07 bits per heavy atom. The second-order valence-corrected chi connectivity index (χ2v) is 3.52. The predicted octanol–water partition coefficient (Wildman–Crippen LogP) is 1.50. The average molecular weight is 207 g/mol. The van der Waals surface area contributed by atoms with Crippen LogP contribution in [0, 0.1) is 0 Å². The standard InChI is InChI=1S/C12H17NO2/c1-13(8-9-14)10-12(15-2)11-6-4-3-5-7-11/h3-7,9,12H,8,10H2,1-2H3. The third-order valence-corrected chi connectivity index (χ3v) is 2.32. The van der Waals surface area contributed by atoms with Crippen LogP contribution in [0.2, 0.25) is 0 Å². The molecule has 0 fully saturated rings. The Balaban J connectivity index is 2.60. The average Bonchev–Trinajstić information content (AvgIpc) is 2.27. The molecule has 3 heteroatoms. The molecule has 1 unspecified atom stereocenters. The van der Waals surface area contributed by atoms with E-state index in [2.05, 4.69) is 0 Å². The van der Waals surface area contributed by atoms with Crippen molar-refractivity contribution in [3.63, 3.8) is 0 Å². The molecule has 0 bridgehead atoms. The topological polar surface area (TPSA) is 29.5 Å². The Hall–Kier alpha value is -1.19. The van der Waals surface area contributed by atoms with Crippen LogP contribution in [-0.4, -0.2) is 38.4 Å². The van der Waals surface area contributed by atoms with E-state index in [-0.39, 0.29) is 6.10 Å².